The number of furan rings is 1. The van der Waals surface area contributed by atoms with Gasteiger partial charge in [-0.05, 0) is 87.0 Å². The molecule has 9 aromatic carbocycles. The second kappa shape index (κ2) is 14.4. The van der Waals surface area contributed by atoms with Gasteiger partial charge in [0.05, 0.1) is 22.1 Å². The van der Waals surface area contributed by atoms with Gasteiger partial charge in [0.15, 0.2) is 8.07 Å². The van der Waals surface area contributed by atoms with E-state index in [1.165, 1.54) is 53.3 Å². The van der Waals surface area contributed by atoms with Gasteiger partial charge in [-0.1, -0.05) is 170 Å². The lowest BCUT2D eigenvalue weighted by molar-refractivity contribution is 0.654. The quantitative estimate of drug-likeness (QED) is 0.118. The van der Waals surface area contributed by atoms with Crippen molar-refractivity contribution in [3.05, 3.63) is 237 Å². The number of fused-ring (bicyclic) bond motifs is 9. The third-order valence-corrected chi connectivity index (χ3v) is 18.1. The summed E-state index contributed by atoms with van der Waals surface area (Å²) in [5.41, 5.74) is 10.5. The Kier molecular flexibility index (Phi) is 8.20. The first-order chi connectivity index (χ1) is 31.7. The summed E-state index contributed by atoms with van der Waals surface area (Å²) in [5, 5.41) is 12.4. The molecule has 0 atom stereocenters. The van der Waals surface area contributed by atoms with Gasteiger partial charge in [0.25, 0.3) is 0 Å². The average Bonchev–Trinajstić information content (AvgIpc) is 4.02. The van der Waals surface area contributed by atoms with Crippen LogP contribution in [-0.2, 0) is 0 Å². The van der Waals surface area contributed by atoms with Crippen LogP contribution in [0.3, 0.4) is 0 Å². The maximum Gasteiger partial charge on any atom is 0.227 e. The lowest BCUT2D eigenvalue weighted by atomic mass is 10.1. The van der Waals surface area contributed by atoms with Crippen LogP contribution in [0.5, 0.6) is 0 Å². The fourth-order valence-electron chi connectivity index (χ4n) is 10.5. The highest BCUT2D eigenvalue weighted by Gasteiger charge is 2.41. The Hall–Kier alpha value is -8.25. The van der Waals surface area contributed by atoms with E-state index in [1.807, 2.05) is 6.20 Å². The minimum Gasteiger partial charge on any atom is -0.438 e. The molecule has 13 aromatic rings. The van der Waals surface area contributed by atoms with Crippen LogP contribution in [0.2, 0.25) is 0 Å². The monoisotopic (exact) mass is 833 g/mol. The van der Waals surface area contributed by atoms with Crippen molar-refractivity contribution in [3.63, 3.8) is 0 Å². The third-order valence-electron chi connectivity index (χ3n) is 13.3. The highest BCUT2D eigenvalue weighted by atomic mass is 28.3. The van der Waals surface area contributed by atoms with Gasteiger partial charge in [0.1, 0.15) is 5.58 Å². The van der Waals surface area contributed by atoms with Crippen LogP contribution in [0.4, 0.5) is 0 Å². The van der Waals surface area contributed by atoms with E-state index < -0.39 is 8.07 Å². The number of hydrogen-bond acceptors (Lipinski definition) is 2. The molecule has 0 fully saturated rings. The maximum atomic E-state index is 6.41. The molecule has 0 aliphatic carbocycles. The van der Waals surface area contributed by atoms with Gasteiger partial charge in [0.2, 0.25) is 5.71 Å². The molecular formula is C59H39N3OSi. The summed E-state index contributed by atoms with van der Waals surface area (Å²) < 4.78 is 11.2. The molecule has 0 aliphatic rings. The van der Waals surface area contributed by atoms with Gasteiger partial charge in [-0.3, -0.25) is 0 Å². The van der Waals surface area contributed by atoms with Gasteiger partial charge in [0, 0.05) is 55.5 Å². The molecule has 64 heavy (non-hydrogen) atoms. The Morgan fingerprint density at radius 3 is 1.31 bits per heavy atom. The van der Waals surface area contributed by atoms with E-state index in [0.717, 1.165) is 49.9 Å². The molecule has 0 bridgehead atoms. The largest absolute Gasteiger partial charge is 0.438 e. The summed E-state index contributed by atoms with van der Waals surface area (Å²) in [5.74, 6) is 0. The van der Waals surface area contributed by atoms with Crippen LogP contribution < -0.4 is 20.7 Å². The molecule has 5 heteroatoms. The normalized spacial score (nSPS) is 12.1. The molecule has 300 valence electrons. The van der Waals surface area contributed by atoms with E-state index >= 15 is 0 Å². The molecule has 13 rings (SSSR count). The molecule has 0 radical (unpaired) electrons. The van der Waals surface area contributed by atoms with Crippen molar-refractivity contribution in [2.45, 2.75) is 0 Å². The first-order valence-corrected chi connectivity index (χ1v) is 23.9. The second-order valence-corrected chi connectivity index (χ2v) is 20.5. The van der Waals surface area contributed by atoms with Gasteiger partial charge in [-0.15, -0.1) is 0 Å². The van der Waals surface area contributed by atoms with E-state index in [4.69, 9.17) is 9.40 Å². The van der Waals surface area contributed by atoms with Gasteiger partial charge < -0.3 is 13.6 Å². The van der Waals surface area contributed by atoms with E-state index in [1.54, 1.807) is 0 Å². The molecule has 0 saturated carbocycles. The molecular weight excluding hydrogens is 795 g/mol. The van der Waals surface area contributed by atoms with E-state index in [9.17, 15) is 0 Å². The Morgan fingerprint density at radius 1 is 0.328 bits per heavy atom. The fourth-order valence-corrected chi connectivity index (χ4v) is 15.2. The summed E-state index contributed by atoms with van der Waals surface area (Å²) in [6, 6.07) is 84.2. The number of rotatable bonds is 7. The summed E-state index contributed by atoms with van der Waals surface area (Å²) >= 11 is 0. The zero-order chi connectivity index (χ0) is 42.2. The first-order valence-electron chi connectivity index (χ1n) is 21.9. The van der Waals surface area contributed by atoms with Gasteiger partial charge >= 0.3 is 0 Å². The zero-order valence-electron chi connectivity index (χ0n) is 34.8. The molecule has 4 aromatic heterocycles. The van der Waals surface area contributed by atoms with Crippen molar-refractivity contribution in [3.8, 4) is 22.5 Å². The minimum atomic E-state index is -2.64. The molecule has 0 amide bonds. The number of nitrogens with zero attached hydrogens (tertiary/aromatic N) is 3. The van der Waals surface area contributed by atoms with Crippen molar-refractivity contribution in [1.82, 2.24) is 14.1 Å². The molecule has 0 aliphatic heterocycles. The van der Waals surface area contributed by atoms with E-state index in [2.05, 4.69) is 240 Å². The van der Waals surface area contributed by atoms with Crippen LogP contribution in [0.25, 0.3) is 88.2 Å². The lowest BCUT2D eigenvalue weighted by Gasteiger charge is -2.34. The molecule has 0 N–H and O–H groups in total. The molecule has 0 spiro atoms. The number of hydrogen-bond donors (Lipinski definition) is 0. The summed E-state index contributed by atoms with van der Waals surface area (Å²) in [7, 11) is -2.64. The molecule has 0 unspecified atom stereocenters. The number of pyridine rings is 1. The Labute approximate surface area is 370 Å². The standard InChI is InChI=1S/C59H39N3OSi/c1-4-16-44(17-5-1)64(45-18-6-2-7-19-45,46-20-8-3-9-21-46)47-32-28-40(29-33-47)41-36-53-52-38-43(31-35-58(52)63-59(53)60-39-41)62-56-27-15-12-24-50(56)51-37-42(30-34-57(51)62)61-54-25-13-10-22-48(54)49-23-11-14-26-55(49)61/h1-39H. The average molecular weight is 834 g/mol. The Bertz CT molecular complexity index is 3740. The third kappa shape index (κ3) is 5.44. The SMILES string of the molecule is c1ccc([Si](c2ccccc2)(c2ccccc2)c2ccc(-c3cnc4oc5ccc(-n6c7ccccc7c7cc(-n8c9ccccc9c9ccccc98)ccc76)cc5c4c3)cc2)cc1. The van der Waals surface area contributed by atoms with E-state index in [0.29, 0.717) is 5.71 Å². The van der Waals surface area contributed by atoms with Crippen LogP contribution in [-0.4, -0.2) is 22.2 Å². The van der Waals surface area contributed by atoms with Crippen molar-refractivity contribution in [2.24, 2.45) is 0 Å². The minimum absolute atomic E-state index is 0.634. The first kappa shape index (κ1) is 36.4. The molecule has 4 nitrogen and oxygen atoms in total. The van der Waals surface area contributed by atoms with Crippen LogP contribution in [0.15, 0.2) is 241 Å². The smallest absolute Gasteiger partial charge is 0.227 e. The predicted octanol–water partition coefficient (Wildman–Crippen LogP) is 12.2. The van der Waals surface area contributed by atoms with Crippen molar-refractivity contribution in [2.75, 3.05) is 0 Å². The Balaban J connectivity index is 0.931. The fraction of sp³-hybridized carbons (Fsp3) is 0. The molecule has 4 heterocycles. The van der Waals surface area contributed by atoms with Gasteiger partial charge in [-0.2, -0.15) is 0 Å². The highest BCUT2D eigenvalue weighted by Crippen LogP contribution is 2.39. The second-order valence-electron chi connectivity index (χ2n) is 16.7. The summed E-state index contributed by atoms with van der Waals surface area (Å²) in [4.78, 5) is 4.91. The van der Waals surface area contributed by atoms with Crippen LogP contribution in [0, 0.1) is 0 Å². The van der Waals surface area contributed by atoms with Crippen molar-refractivity contribution < 1.29 is 4.42 Å². The van der Waals surface area contributed by atoms with Crippen molar-refractivity contribution in [1.29, 1.82) is 0 Å². The highest BCUT2D eigenvalue weighted by molar-refractivity contribution is 7.19. The predicted molar refractivity (Wildman–Crippen MR) is 269 cm³/mol. The van der Waals surface area contributed by atoms with E-state index in [-0.39, 0.29) is 0 Å². The molecule has 0 saturated heterocycles. The summed E-state index contributed by atoms with van der Waals surface area (Å²) in [6.45, 7) is 0. The lowest BCUT2D eigenvalue weighted by Crippen LogP contribution is -2.74. The van der Waals surface area contributed by atoms with Crippen molar-refractivity contribution >= 4 is 94.5 Å². The number of benzene rings is 9. The van der Waals surface area contributed by atoms with Crippen LogP contribution >= 0.6 is 0 Å². The maximum absolute atomic E-state index is 6.41. The number of aromatic nitrogens is 3. The Morgan fingerprint density at radius 2 is 0.766 bits per heavy atom. The topological polar surface area (TPSA) is 35.9 Å². The van der Waals surface area contributed by atoms with Crippen LogP contribution in [0.1, 0.15) is 0 Å². The zero-order valence-corrected chi connectivity index (χ0v) is 35.8. The summed E-state index contributed by atoms with van der Waals surface area (Å²) in [6.07, 6.45) is 1.94. The number of para-hydroxylation sites is 3. The van der Waals surface area contributed by atoms with Gasteiger partial charge in [-0.25, -0.2) is 4.98 Å².